The topological polar surface area (TPSA) is 65.0 Å². The van der Waals surface area contributed by atoms with Crippen LogP contribution >= 0.6 is 0 Å². The average molecular weight is 260 g/mol. The summed E-state index contributed by atoms with van der Waals surface area (Å²) in [6, 6.07) is 0. The monoisotopic (exact) mass is 260 g/mol. The van der Waals surface area contributed by atoms with Gasteiger partial charge in [-0.25, -0.2) is 0 Å². The van der Waals surface area contributed by atoms with E-state index >= 15 is 0 Å². The van der Waals surface area contributed by atoms with E-state index in [0.717, 1.165) is 0 Å². The third-order valence-corrected chi connectivity index (χ3v) is 2.44. The van der Waals surface area contributed by atoms with E-state index in [0.29, 0.717) is 6.42 Å². The Morgan fingerprint density at radius 1 is 1.33 bits per heavy atom. The van der Waals surface area contributed by atoms with Gasteiger partial charge in [0.05, 0.1) is 25.2 Å². The number of carbonyl (C=O) groups is 1. The Morgan fingerprint density at radius 2 is 1.89 bits per heavy atom. The van der Waals surface area contributed by atoms with Crippen LogP contribution in [0.4, 0.5) is 0 Å². The van der Waals surface area contributed by atoms with Crippen LogP contribution < -0.4 is 0 Å². The Hall–Kier alpha value is -0.650. The minimum absolute atomic E-state index is 0.0718. The van der Waals surface area contributed by atoms with Gasteiger partial charge in [-0.15, -0.1) is 0 Å². The van der Waals surface area contributed by atoms with Crippen molar-refractivity contribution in [3.63, 3.8) is 0 Å². The molecule has 0 radical (unpaired) electrons. The van der Waals surface area contributed by atoms with Crippen molar-refractivity contribution >= 4 is 5.97 Å². The zero-order chi connectivity index (χ0) is 14.0. The molecule has 1 rings (SSSR count). The van der Waals surface area contributed by atoms with Crippen molar-refractivity contribution < 1.29 is 24.1 Å². The summed E-state index contributed by atoms with van der Waals surface area (Å²) in [5.41, 5.74) is -0.492. The first-order valence-electron chi connectivity index (χ1n) is 6.29. The number of aliphatic hydroxyl groups excluding tert-OH is 1. The van der Waals surface area contributed by atoms with Gasteiger partial charge in [0.15, 0.2) is 5.79 Å². The number of esters is 1. The number of carbonyl (C=O) groups excluding carboxylic acids is 1. The summed E-state index contributed by atoms with van der Waals surface area (Å²) in [6.07, 6.45) is 0.113. The van der Waals surface area contributed by atoms with E-state index in [1.165, 1.54) is 0 Å². The first kappa shape index (κ1) is 15.4. The van der Waals surface area contributed by atoms with Gasteiger partial charge < -0.3 is 19.3 Å². The van der Waals surface area contributed by atoms with Crippen LogP contribution in [0.2, 0.25) is 0 Å². The molecule has 5 nitrogen and oxygen atoms in total. The molecule has 0 spiro atoms. The Labute approximate surface area is 108 Å². The third-order valence-electron chi connectivity index (χ3n) is 2.44. The second kappa shape index (κ2) is 5.55. The van der Waals surface area contributed by atoms with E-state index < -0.39 is 11.4 Å². The zero-order valence-corrected chi connectivity index (χ0v) is 11.9. The van der Waals surface area contributed by atoms with Crippen LogP contribution in [0.1, 0.15) is 47.5 Å². The van der Waals surface area contributed by atoms with Crippen LogP contribution in [0.3, 0.4) is 0 Å². The largest absolute Gasteiger partial charge is 0.460 e. The lowest BCUT2D eigenvalue weighted by Crippen LogP contribution is -2.46. The SMILES string of the molecule is CC(C)(C)OC(=O)C[C@@H]1CC(CO)OC(C)(C)O1. The number of rotatable bonds is 3. The summed E-state index contributed by atoms with van der Waals surface area (Å²) >= 11 is 0. The van der Waals surface area contributed by atoms with Gasteiger partial charge in [-0.2, -0.15) is 0 Å². The van der Waals surface area contributed by atoms with Crippen LogP contribution in [0, 0.1) is 0 Å². The van der Waals surface area contributed by atoms with Crippen molar-refractivity contribution in [3.8, 4) is 0 Å². The maximum atomic E-state index is 11.7. The second-order valence-corrected chi connectivity index (χ2v) is 6.09. The fourth-order valence-electron chi connectivity index (χ4n) is 2.03. The molecule has 0 aliphatic carbocycles. The number of aliphatic hydroxyl groups is 1. The summed E-state index contributed by atoms with van der Waals surface area (Å²) in [5, 5.41) is 9.16. The average Bonchev–Trinajstić information content (AvgIpc) is 2.11. The summed E-state index contributed by atoms with van der Waals surface area (Å²) in [4.78, 5) is 11.7. The predicted octanol–water partition coefficient (Wildman–Crippen LogP) is 1.62. The van der Waals surface area contributed by atoms with Crippen LogP contribution in [0.15, 0.2) is 0 Å². The van der Waals surface area contributed by atoms with Gasteiger partial charge in [0.25, 0.3) is 0 Å². The first-order chi connectivity index (χ1) is 8.11. The van der Waals surface area contributed by atoms with Gasteiger partial charge in [-0.05, 0) is 34.6 Å². The Bertz CT molecular complexity index is 292. The molecule has 0 bridgehead atoms. The highest BCUT2D eigenvalue weighted by molar-refractivity contribution is 5.70. The predicted molar refractivity (Wildman–Crippen MR) is 66.0 cm³/mol. The molecule has 0 amide bonds. The highest BCUT2D eigenvalue weighted by Crippen LogP contribution is 2.28. The fourth-order valence-corrected chi connectivity index (χ4v) is 2.03. The molecule has 2 atom stereocenters. The lowest BCUT2D eigenvalue weighted by Gasteiger charge is -2.40. The Balaban J connectivity index is 2.53. The van der Waals surface area contributed by atoms with Crippen molar-refractivity contribution in [2.45, 2.75) is 71.1 Å². The molecular weight excluding hydrogens is 236 g/mol. The van der Waals surface area contributed by atoms with E-state index in [-0.39, 0.29) is 31.2 Å². The minimum Gasteiger partial charge on any atom is -0.460 e. The minimum atomic E-state index is -0.779. The van der Waals surface area contributed by atoms with Crippen LogP contribution in [0.25, 0.3) is 0 Å². The number of hydrogen-bond acceptors (Lipinski definition) is 5. The summed E-state index contributed by atoms with van der Waals surface area (Å²) < 4.78 is 16.4. The van der Waals surface area contributed by atoms with Crippen molar-refractivity contribution in [3.05, 3.63) is 0 Å². The fraction of sp³-hybridized carbons (Fsp3) is 0.923. The maximum absolute atomic E-state index is 11.7. The molecule has 1 unspecified atom stereocenters. The molecule has 0 aromatic carbocycles. The molecule has 1 fully saturated rings. The molecule has 1 heterocycles. The highest BCUT2D eigenvalue weighted by Gasteiger charge is 2.36. The van der Waals surface area contributed by atoms with E-state index in [9.17, 15) is 4.79 Å². The molecule has 18 heavy (non-hydrogen) atoms. The van der Waals surface area contributed by atoms with E-state index in [4.69, 9.17) is 19.3 Å². The second-order valence-electron chi connectivity index (χ2n) is 6.09. The molecule has 0 saturated carbocycles. The summed E-state index contributed by atoms with van der Waals surface area (Å²) in [6.45, 7) is 8.97. The quantitative estimate of drug-likeness (QED) is 0.781. The maximum Gasteiger partial charge on any atom is 0.308 e. The van der Waals surface area contributed by atoms with Gasteiger partial charge in [0, 0.05) is 6.42 Å². The van der Waals surface area contributed by atoms with Crippen LogP contribution in [0.5, 0.6) is 0 Å². The van der Waals surface area contributed by atoms with Crippen molar-refractivity contribution in [2.75, 3.05) is 6.61 Å². The van der Waals surface area contributed by atoms with Gasteiger partial charge >= 0.3 is 5.97 Å². The zero-order valence-electron chi connectivity index (χ0n) is 11.9. The van der Waals surface area contributed by atoms with Crippen LogP contribution in [-0.2, 0) is 19.0 Å². The number of ether oxygens (including phenoxy) is 3. The lowest BCUT2D eigenvalue weighted by molar-refractivity contribution is -0.304. The smallest absolute Gasteiger partial charge is 0.308 e. The van der Waals surface area contributed by atoms with Crippen molar-refractivity contribution in [2.24, 2.45) is 0 Å². The van der Waals surface area contributed by atoms with Crippen molar-refractivity contribution in [1.29, 1.82) is 0 Å². The van der Waals surface area contributed by atoms with Gasteiger partial charge in [-0.1, -0.05) is 0 Å². The molecular formula is C13H24O5. The molecule has 5 heteroatoms. The van der Waals surface area contributed by atoms with E-state index in [2.05, 4.69) is 0 Å². The normalized spacial score (nSPS) is 27.9. The molecule has 0 aromatic rings. The van der Waals surface area contributed by atoms with Gasteiger partial charge in [0.2, 0.25) is 0 Å². The van der Waals surface area contributed by atoms with Crippen LogP contribution in [-0.4, -0.2) is 41.3 Å². The molecule has 1 saturated heterocycles. The highest BCUT2D eigenvalue weighted by atomic mass is 16.7. The number of hydrogen-bond donors (Lipinski definition) is 1. The first-order valence-corrected chi connectivity index (χ1v) is 6.29. The molecule has 1 aliphatic heterocycles. The summed E-state index contributed by atoms with van der Waals surface area (Å²) in [7, 11) is 0. The van der Waals surface area contributed by atoms with E-state index in [1.54, 1.807) is 13.8 Å². The molecule has 106 valence electrons. The van der Waals surface area contributed by atoms with Gasteiger partial charge in [0.1, 0.15) is 5.60 Å². The standard InChI is InChI=1S/C13H24O5/c1-12(2,3)18-11(15)7-9-6-10(8-14)17-13(4,5)16-9/h9-10,14H,6-8H2,1-5H3/t9-,10?/m0/s1. The van der Waals surface area contributed by atoms with E-state index in [1.807, 2.05) is 20.8 Å². The Morgan fingerprint density at radius 3 is 2.39 bits per heavy atom. The van der Waals surface area contributed by atoms with Crippen molar-refractivity contribution in [1.82, 2.24) is 0 Å². The molecule has 1 N–H and O–H groups in total. The van der Waals surface area contributed by atoms with Gasteiger partial charge in [-0.3, -0.25) is 4.79 Å². The summed E-state index contributed by atoms with van der Waals surface area (Å²) in [5.74, 6) is -1.07. The Kier molecular flexibility index (Phi) is 4.75. The third kappa shape index (κ3) is 5.33. The lowest BCUT2D eigenvalue weighted by atomic mass is 10.1. The molecule has 1 aliphatic rings. The molecule has 0 aromatic heterocycles.